The Bertz CT molecular complexity index is 815. The highest BCUT2D eigenvalue weighted by atomic mass is 35.5. The van der Waals surface area contributed by atoms with Crippen LogP contribution in [-0.4, -0.2) is 30.4 Å². The van der Waals surface area contributed by atoms with Gasteiger partial charge in [0.2, 0.25) is 0 Å². The summed E-state index contributed by atoms with van der Waals surface area (Å²) in [5.41, 5.74) is 0.858. The van der Waals surface area contributed by atoms with Crippen LogP contribution in [0, 0.1) is 30.4 Å². The highest BCUT2D eigenvalue weighted by Gasteiger charge is 2.47. The summed E-state index contributed by atoms with van der Waals surface area (Å²) in [7, 11) is 0. The number of likely N-dealkylation sites (tertiary alicyclic amines) is 1. The molecule has 0 unspecified atom stereocenters. The first-order valence-corrected chi connectivity index (χ1v) is 8.59. The lowest BCUT2D eigenvalue weighted by Gasteiger charge is -2.29. The van der Waals surface area contributed by atoms with Crippen LogP contribution < -0.4 is 5.32 Å². The lowest BCUT2D eigenvalue weighted by molar-refractivity contribution is 0.0704. The van der Waals surface area contributed by atoms with E-state index in [4.69, 9.17) is 0 Å². The van der Waals surface area contributed by atoms with Crippen LogP contribution >= 0.6 is 12.4 Å². The topological polar surface area (TPSA) is 32.3 Å². The molecule has 6 heteroatoms. The average Bonchev–Trinajstić information content (AvgIpc) is 3.20. The molecule has 1 amide bonds. The van der Waals surface area contributed by atoms with Gasteiger partial charge in [0.15, 0.2) is 0 Å². The molecule has 4 rings (SSSR count). The third-order valence-corrected chi connectivity index (χ3v) is 5.46. The first kappa shape index (κ1) is 18.8. The van der Waals surface area contributed by atoms with Crippen LogP contribution in [0.5, 0.6) is 0 Å². The largest absolute Gasteiger partial charge is 0.331 e. The highest BCUT2D eigenvalue weighted by Crippen LogP contribution is 2.43. The number of carbonyl (C=O) groups excluding carboxylic acids is 1. The molecule has 0 aromatic heterocycles. The Morgan fingerprint density at radius 3 is 2.58 bits per heavy atom. The Morgan fingerprint density at radius 1 is 1.12 bits per heavy atom. The Kier molecular flexibility index (Phi) is 5.30. The monoisotopic (exact) mass is 378 g/mol. The second kappa shape index (κ2) is 7.33. The molecular formula is C20H21ClF2N2O. The number of nitrogens with zero attached hydrogens (tertiary/aromatic N) is 1. The number of fused-ring (bicyclic) bond motifs is 1. The third kappa shape index (κ3) is 2.99. The van der Waals surface area contributed by atoms with Crippen molar-refractivity contribution in [1.82, 2.24) is 10.2 Å². The molecule has 3 nitrogen and oxygen atoms in total. The molecule has 0 spiro atoms. The quantitative estimate of drug-likeness (QED) is 0.863. The van der Waals surface area contributed by atoms with E-state index in [2.05, 4.69) is 5.32 Å². The van der Waals surface area contributed by atoms with Crippen molar-refractivity contribution >= 4 is 18.3 Å². The number of aryl methyl sites for hydroxylation is 1. The summed E-state index contributed by atoms with van der Waals surface area (Å²) in [6.07, 6.45) is 0. The average molecular weight is 379 g/mol. The van der Waals surface area contributed by atoms with Crippen LogP contribution in [0.2, 0.25) is 0 Å². The molecular weight excluding hydrogens is 358 g/mol. The van der Waals surface area contributed by atoms with E-state index in [0.29, 0.717) is 12.5 Å². The standard InChI is InChI=1S/C20H20F2N2O.ClH/c1-12-7-8-16(21)17(18(12)22)20(25)24-11-14-9-23-10-15(14)19(24)13-5-3-2-4-6-13;/h2-8,14-15,19,23H,9-11H2,1H3;1H/t14-,15-,19+;/m0./s1. The summed E-state index contributed by atoms with van der Waals surface area (Å²) >= 11 is 0. The number of halogens is 3. The SMILES string of the molecule is Cc1ccc(F)c(C(=O)N2C[C@@H]3CNC[C@@H]3[C@H]2c2ccccc2)c1F.Cl. The van der Waals surface area contributed by atoms with Gasteiger partial charge in [0, 0.05) is 25.6 Å². The number of benzene rings is 2. The maximum atomic E-state index is 14.5. The first-order valence-electron chi connectivity index (χ1n) is 8.59. The number of hydrogen-bond donors (Lipinski definition) is 1. The van der Waals surface area contributed by atoms with Gasteiger partial charge >= 0.3 is 0 Å². The smallest absolute Gasteiger partial charge is 0.260 e. The van der Waals surface area contributed by atoms with Crippen molar-refractivity contribution in [2.75, 3.05) is 19.6 Å². The second-order valence-electron chi connectivity index (χ2n) is 6.95. The molecule has 2 heterocycles. The van der Waals surface area contributed by atoms with Crippen LogP contribution in [0.1, 0.15) is 27.5 Å². The molecule has 0 bridgehead atoms. The van der Waals surface area contributed by atoms with E-state index in [0.717, 1.165) is 18.7 Å². The molecule has 0 aliphatic carbocycles. The van der Waals surface area contributed by atoms with Crippen molar-refractivity contribution in [3.8, 4) is 0 Å². The summed E-state index contributed by atoms with van der Waals surface area (Å²) in [6.45, 7) is 3.70. The van der Waals surface area contributed by atoms with E-state index in [1.807, 2.05) is 30.3 Å². The van der Waals surface area contributed by atoms with Crippen LogP contribution in [0.3, 0.4) is 0 Å². The van der Waals surface area contributed by atoms with E-state index in [1.165, 1.54) is 12.1 Å². The number of nitrogens with one attached hydrogen (secondary N) is 1. The summed E-state index contributed by atoms with van der Waals surface area (Å²) in [4.78, 5) is 14.7. The minimum Gasteiger partial charge on any atom is -0.331 e. The van der Waals surface area contributed by atoms with Crippen molar-refractivity contribution < 1.29 is 13.6 Å². The molecule has 0 radical (unpaired) electrons. The van der Waals surface area contributed by atoms with Crippen LogP contribution in [0.4, 0.5) is 8.78 Å². The Balaban J connectivity index is 0.00000196. The number of hydrogen-bond acceptors (Lipinski definition) is 2. The van der Waals surface area contributed by atoms with Gasteiger partial charge in [-0.25, -0.2) is 8.78 Å². The molecule has 2 aliphatic rings. The van der Waals surface area contributed by atoms with E-state index in [1.54, 1.807) is 11.8 Å². The Hall–Kier alpha value is -1.98. The van der Waals surface area contributed by atoms with Crippen LogP contribution in [-0.2, 0) is 0 Å². The molecule has 0 saturated carbocycles. The van der Waals surface area contributed by atoms with Gasteiger partial charge in [-0.3, -0.25) is 4.79 Å². The fourth-order valence-electron chi connectivity index (χ4n) is 4.20. The third-order valence-electron chi connectivity index (χ3n) is 5.46. The molecule has 2 saturated heterocycles. The fourth-order valence-corrected chi connectivity index (χ4v) is 4.20. The zero-order valence-corrected chi connectivity index (χ0v) is 15.2. The normalized spacial score (nSPS) is 24.3. The molecule has 2 aliphatic heterocycles. The van der Waals surface area contributed by atoms with Gasteiger partial charge in [0.05, 0.1) is 6.04 Å². The Labute approximate surface area is 157 Å². The highest BCUT2D eigenvalue weighted by molar-refractivity contribution is 5.95. The number of carbonyl (C=O) groups is 1. The van der Waals surface area contributed by atoms with E-state index in [9.17, 15) is 13.6 Å². The molecule has 3 atom stereocenters. The van der Waals surface area contributed by atoms with Crippen molar-refractivity contribution in [1.29, 1.82) is 0 Å². The van der Waals surface area contributed by atoms with Crippen molar-refractivity contribution in [3.05, 3.63) is 70.8 Å². The summed E-state index contributed by atoms with van der Waals surface area (Å²) < 4.78 is 28.7. The van der Waals surface area contributed by atoms with E-state index in [-0.39, 0.29) is 29.9 Å². The molecule has 138 valence electrons. The molecule has 2 aromatic carbocycles. The van der Waals surface area contributed by atoms with Crippen molar-refractivity contribution in [3.63, 3.8) is 0 Å². The van der Waals surface area contributed by atoms with E-state index < -0.39 is 23.1 Å². The van der Waals surface area contributed by atoms with Gasteiger partial charge in [-0.15, -0.1) is 12.4 Å². The maximum absolute atomic E-state index is 14.5. The van der Waals surface area contributed by atoms with Gasteiger partial charge in [-0.2, -0.15) is 0 Å². The van der Waals surface area contributed by atoms with E-state index >= 15 is 0 Å². The van der Waals surface area contributed by atoms with Crippen LogP contribution in [0.25, 0.3) is 0 Å². The van der Waals surface area contributed by atoms with Gasteiger partial charge in [-0.05, 0) is 30.0 Å². The summed E-state index contributed by atoms with van der Waals surface area (Å²) in [5, 5.41) is 3.37. The molecule has 1 N–H and O–H groups in total. The van der Waals surface area contributed by atoms with Crippen molar-refractivity contribution in [2.45, 2.75) is 13.0 Å². The summed E-state index contributed by atoms with van der Waals surface area (Å²) in [5.74, 6) is -1.53. The molecule has 2 fully saturated rings. The van der Waals surface area contributed by atoms with Crippen molar-refractivity contribution in [2.24, 2.45) is 11.8 Å². The zero-order chi connectivity index (χ0) is 17.6. The first-order chi connectivity index (χ1) is 12.1. The predicted molar refractivity (Wildman–Crippen MR) is 98.4 cm³/mol. The minimum absolute atomic E-state index is 0. The number of amides is 1. The zero-order valence-electron chi connectivity index (χ0n) is 14.4. The van der Waals surface area contributed by atoms with Gasteiger partial charge in [0.25, 0.3) is 5.91 Å². The second-order valence-corrected chi connectivity index (χ2v) is 6.95. The molecule has 26 heavy (non-hydrogen) atoms. The fraction of sp³-hybridized carbons (Fsp3) is 0.350. The Morgan fingerprint density at radius 2 is 1.85 bits per heavy atom. The van der Waals surface area contributed by atoms with Gasteiger partial charge in [-0.1, -0.05) is 36.4 Å². The maximum Gasteiger partial charge on any atom is 0.260 e. The predicted octanol–water partition coefficient (Wildman–Crippen LogP) is 3.73. The lowest BCUT2D eigenvalue weighted by Crippen LogP contribution is -2.35. The lowest BCUT2D eigenvalue weighted by atomic mass is 9.89. The van der Waals surface area contributed by atoms with Crippen LogP contribution in [0.15, 0.2) is 42.5 Å². The molecule has 2 aromatic rings. The number of rotatable bonds is 2. The minimum atomic E-state index is -0.796. The summed E-state index contributed by atoms with van der Waals surface area (Å²) in [6, 6.07) is 12.1. The van der Waals surface area contributed by atoms with Gasteiger partial charge in [0.1, 0.15) is 17.2 Å². The van der Waals surface area contributed by atoms with Gasteiger partial charge < -0.3 is 10.2 Å².